The molecule has 1 rings (SSSR count). The molecule has 0 bridgehead atoms. The highest BCUT2D eigenvalue weighted by molar-refractivity contribution is 5.94. The van der Waals surface area contributed by atoms with Crippen molar-refractivity contribution in [3.63, 3.8) is 0 Å². The maximum absolute atomic E-state index is 13.4. The number of urea groups is 1. The molecule has 0 unspecified atom stereocenters. The number of carboxylic acid groups (broad SMARTS) is 1. The van der Waals surface area contributed by atoms with Gasteiger partial charge >= 0.3 is 12.0 Å². The molecule has 0 aliphatic carbocycles. The van der Waals surface area contributed by atoms with E-state index in [4.69, 9.17) is 5.11 Å². The van der Waals surface area contributed by atoms with E-state index in [1.54, 1.807) is 13.8 Å². The summed E-state index contributed by atoms with van der Waals surface area (Å²) in [6.07, 6.45) is 0.329. The van der Waals surface area contributed by atoms with Gasteiger partial charge in [-0.05, 0) is 25.0 Å². The van der Waals surface area contributed by atoms with Crippen molar-refractivity contribution in [3.8, 4) is 0 Å². The molecule has 0 aromatic heterocycles. The van der Waals surface area contributed by atoms with Crippen LogP contribution in [0.25, 0.3) is 0 Å². The standard InChI is InChI=1S/C13H16F2N2O3/c1-3-13(4-2,11(18)19)17-12(20)16-10-7-8(14)5-6-9(10)15/h5-7H,3-4H2,1-2H3,(H,18,19)(H2,16,17,20). The van der Waals surface area contributed by atoms with Crippen LogP contribution in [0.15, 0.2) is 18.2 Å². The van der Waals surface area contributed by atoms with Gasteiger partial charge in [0.25, 0.3) is 0 Å². The molecule has 20 heavy (non-hydrogen) atoms. The second-order valence-electron chi connectivity index (χ2n) is 4.30. The Bertz CT molecular complexity index is 516. The zero-order valence-electron chi connectivity index (χ0n) is 11.2. The van der Waals surface area contributed by atoms with Crippen molar-refractivity contribution in [1.82, 2.24) is 5.32 Å². The van der Waals surface area contributed by atoms with Crippen LogP contribution in [0.3, 0.4) is 0 Å². The summed E-state index contributed by atoms with van der Waals surface area (Å²) in [5.41, 5.74) is -1.79. The molecule has 0 radical (unpaired) electrons. The summed E-state index contributed by atoms with van der Waals surface area (Å²) in [6, 6.07) is 1.70. The second kappa shape index (κ2) is 6.31. The number of amides is 2. The first-order valence-electron chi connectivity index (χ1n) is 6.12. The molecule has 0 heterocycles. The molecule has 1 aromatic carbocycles. The molecule has 0 saturated carbocycles. The van der Waals surface area contributed by atoms with Gasteiger partial charge in [0.05, 0.1) is 5.69 Å². The lowest BCUT2D eigenvalue weighted by Gasteiger charge is -2.28. The first-order chi connectivity index (χ1) is 9.34. The van der Waals surface area contributed by atoms with Crippen molar-refractivity contribution in [2.45, 2.75) is 32.2 Å². The molecule has 0 aliphatic rings. The zero-order chi connectivity index (χ0) is 15.3. The minimum atomic E-state index is -1.44. The number of benzene rings is 1. The third-order valence-electron chi connectivity index (χ3n) is 3.15. The van der Waals surface area contributed by atoms with Crippen LogP contribution in [-0.4, -0.2) is 22.6 Å². The second-order valence-corrected chi connectivity index (χ2v) is 4.30. The quantitative estimate of drug-likeness (QED) is 0.778. The highest BCUT2D eigenvalue weighted by Crippen LogP contribution is 2.18. The smallest absolute Gasteiger partial charge is 0.329 e. The Kier molecular flexibility index (Phi) is 5.01. The van der Waals surface area contributed by atoms with E-state index >= 15 is 0 Å². The fourth-order valence-corrected chi connectivity index (χ4v) is 1.75. The van der Waals surface area contributed by atoms with Crippen molar-refractivity contribution >= 4 is 17.7 Å². The highest BCUT2D eigenvalue weighted by atomic mass is 19.1. The fourth-order valence-electron chi connectivity index (χ4n) is 1.75. The lowest BCUT2D eigenvalue weighted by Crippen LogP contribution is -2.55. The van der Waals surface area contributed by atoms with Crippen LogP contribution >= 0.6 is 0 Å². The summed E-state index contributed by atoms with van der Waals surface area (Å²) < 4.78 is 26.3. The summed E-state index contributed by atoms with van der Waals surface area (Å²) in [7, 11) is 0. The summed E-state index contributed by atoms with van der Waals surface area (Å²) >= 11 is 0. The Morgan fingerprint density at radius 2 is 1.85 bits per heavy atom. The van der Waals surface area contributed by atoms with Gasteiger partial charge in [-0.25, -0.2) is 18.4 Å². The third kappa shape index (κ3) is 3.43. The van der Waals surface area contributed by atoms with Gasteiger partial charge in [0, 0.05) is 6.07 Å². The van der Waals surface area contributed by atoms with E-state index in [1.165, 1.54) is 0 Å². The number of carbonyl (C=O) groups is 2. The van der Waals surface area contributed by atoms with Crippen LogP contribution in [-0.2, 0) is 4.79 Å². The Morgan fingerprint density at radius 1 is 1.25 bits per heavy atom. The minimum absolute atomic E-state index is 0.165. The van der Waals surface area contributed by atoms with Crippen molar-refractivity contribution < 1.29 is 23.5 Å². The predicted molar refractivity (Wildman–Crippen MR) is 69.5 cm³/mol. The molecule has 0 atom stereocenters. The Balaban J connectivity index is 2.86. The van der Waals surface area contributed by atoms with E-state index in [-0.39, 0.29) is 18.5 Å². The largest absolute Gasteiger partial charge is 0.480 e. The molecule has 7 heteroatoms. The molecule has 1 aromatic rings. The van der Waals surface area contributed by atoms with E-state index in [1.807, 2.05) is 0 Å². The number of aliphatic carboxylic acids is 1. The normalized spacial score (nSPS) is 11.0. The molecule has 2 amide bonds. The van der Waals surface area contributed by atoms with Crippen LogP contribution in [0.2, 0.25) is 0 Å². The molecule has 110 valence electrons. The Morgan fingerprint density at radius 3 is 2.35 bits per heavy atom. The first-order valence-corrected chi connectivity index (χ1v) is 6.12. The minimum Gasteiger partial charge on any atom is -0.480 e. The molecule has 0 aliphatic heterocycles. The number of anilines is 1. The predicted octanol–water partition coefficient (Wildman–Crippen LogP) is 2.73. The molecular formula is C13H16F2N2O3. The number of hydrogen-bond donors (Lipinski definition) is 3. The van der Waals surface area contributed by atoms with Crippen molar-refractivity contribution in [2.24, 2.45) is 0 Å². The summed E-state index contributed by atoms with van der Waals surface area (Å²) in [5.74, 6) is -2.70. The van der Waals surface area contributed by atoms with Gasteiger partial charge in [0.2, 0.25) is 0 Å². The van der Waals surface area contributed by atoms with Crippen molar-refractivity contribution in [1.29, 1.82) is 0 Å². The van der Waals surface area contributed by atoms with E-state index in [9.17, 15) is 18.4 Å². The van der Waals surface area contributed by atoms with Crippen molar-refractivity contribution in [3.05, 3.63) is 29.8 Å². The summed E-state index contributed by atoms with van der Waals surface area (Å²) in [5, 5.41) is 13.5. The fraction of sp³-hybridized carbons (Fsp3) is 0.385. The van der Waals surface area contributed by atoms with Gasteiger partial charge in [0.1, 0.15) is 17.2 Å². The third-order valence-corrected chi connectivity index (χ3v) is 3.15. The lowest BCUT2D eigenvalue weighted by atomic mass is 9.93. The number of halogens is 2. The zero-order valence-corrected chi connectivity index (χ0v) is 11.2. The van der Waals surface area contributed by atoms with Gasteiger partial charge in [0.15, 0.2) is 0 Å². The number of hydrogen-bond acceptors (Lipinski definition) is 2. The summed E-state index contributed by atoms with van der Waals surface area (Å²) in [4.78, 5) is 23.0. The molecule has 0 saturated heterocycles. The SMILES string of the molecule is CCC(CC)(NC(=O)Nc1cc(F)ccc1F)C(=O)O. The average molecular weight is 286 g/mol. The van der Waals surface area contributed by atoms with Crippen LogP contribution in [0.4, 0.5) is 19.3 Å². The molecular weight excluding hydrogens is 270 g/mol. The maximum atomic E-state index is 13.4. The maximum Gasteiger partial charge on any atom is 0.329 e. The number of nitrogens with one attached hydrogen (secondary N) is 2. The van der Waals surface area contributed by atoms with Crippen LogP contribution in [0, 0.1) is 11.6 Å². The number of carbonyl (C=O) groups excluding carboxylic acids is 1. The topological polar surface area (TPSA) is 78.4 Å². The monoisotopic (exact) mass is 286 g/mol. The molecule has 0 fully saturated rings. The van der Waals surface area contributed by atoms with Gasteiger partial charge in [-0.3, -0.25) is 0 Å². The van der Waals surface area contributed by atoms with Crippen LogP contribution in [0.5, 0.6) is 0 Å². The first kappa shape index (κ1) is 15.9. The Labute approximate surface area is 115 Å². The van der Waals surface area contributed by atoms with E-state index in [2.05, 4.69) is 10.6 Å². The van der Waals surface area contributed by atoms with Gasteiger partial charge in [-0.2, -0.15) is 0 Å². The Hall–Kier alpha value is -2.18. The lowest BCUT2D eigenvalue weighted by molar-refractivity contribution is -0.144. The van der Waals surface area contributed by atoms with Gasteiger partial charge in [-0.15, -0.1) is 0 Å². The van der Waals surface area contributed by atoms with Crippen LogP contribution in [0.1, 0.15) is 26.7 Å². The van der Waals surface area contributed by atoms with Gasteiger partial charge in [-0.1, -0.05) is 13.8 Å². The van der Waals surface area contributed by atoms with E-state index < -0.39 is 29.2 Å². The molecule has 3 N–H and O–H groups in total. The molecule has 5 nitrogen and oxygen atoms in total. The molecule has 0 spiro atoms. The van der Waals surface area contributed by atoms with E-state index in [0.29, 0.717) is 0 Å². The van der Waals surface area contributed by atoms with Gasteiger partial charge < -0.3 is 15.7 Å². The van der Waals surface area contributed by atoms with Crippen LogP contribution < -0.4 is 10.6 Å². The number of rotatable bonds is 5. The average Bonchev–Trinajstić information content (AvgIpc) is 2.40. The van der Waals surface area contributed by atoms with E-state index in [0.717, 1.165) is 18.2 Å². The van der Waals surface area contributed by atoms with Crippen molar-refractivity contribution in [2.75, 3.05) is 5.32 Å². The highest BCUT2D eigenvalue weighted by Gasteiger charge is 2.36. The number of carboxylic acids is 1. The summed E-state index contributed by atoms with van der Waals surface area (Å²) in [6.45, 7) is 3.22.